The van der Waals surface area contributed by atoms with Gasteiger partial charge in [-0.15, -0.1) is 0 Å². The van der Waals surface area contributed by atoms with Gasteiger partial charge in [-0.1, -0.05) is 29.5 Å². The van der Waals surface area contributed by atoms with Gasteiger partial charge in [0.1, 0.15) is 4.88 Å². The van der Waals surface area contributed by atoms with Gasteiger partial charge in [-0.3, -0.25) is 4.79 Å². The third kappa shape index (κ3) is 2.04. The number of aromatic nitrogens is 1. The molecule has 82 valence electrons. The molecule has 2 N–H and O–H groups in total. The number of nitrogens with zero attached hydrogens (tertiary/aromatic N) is 2. The molecule has 0 saturated carbocycles. The highest BCUT2D eigenvalue weighted by Gasteiger charge is 2.11. The van der Waals surface area contributed by atoms with Crippen molar-refractivity contribution in [2.75, 3.05) is 11.9 Å². The first-order chi connectivity index (χ1) is 7.68. The fourth-order valence-corrected chi connectivity index (χ4v) is 2.05. The summed E-state index contributed by atoms with van der Waals surface area (Å²) in [7, 11) is 1.90. The number of hydrogen-bond donors (Lipinski definition) is 1. The summed E-state index contributed by atoms with van der Waals surface area (Å²) in [5.74, 6) is -0.440. The second-order valence-electron chi connectivity index (χ2n) is 3.27. The molecule has 0 fully saturated rings. The van der Waals surface area contributed by atoms with Gasteiger partial charge in [0.15, 0.2) is 5.13 Å². The lowest BCUT2D eigenvalue weighted by molar-refractivity contribution is 0.100. The van der Waals surface area contributed by atoms with Crippen LogP contribution < -0.4 is 10.6 Å². The van der Waals surface area contributed by atoms with Crippen molar-refractivity contribution in [3.05, 3.63) is 41.4 Å². The van der Waals surface area contributed by atoms with E-state index in [1.807, 2.05) is 42.3 Å². The second-order valence-corrected chi connectivity index (χ2v) is 4.28. The lowest BCUT2D eigenvalue weighted by atomic mass is 10.3. The molecule has 0 bridgehead atoms. The molecule has 0 unspecified atom stereocenters. The summed E-state index contributed by atoms with van der Waals surface area (Å²) in [5.41, 5.74) is 6.20. The number of carbonyl (C=O) groups excluding carboxylic acids is 1. The van der Waals surface area contributed by atoms with Gasteiger partial charge in [-0.05, 0) is 12.1 Å². The van der Waals surface area contributed by atoms with Gasteiger partial charge < -0.3 is 10.6 Å². The molecule has 0 aliphatic heterocycles. The highest BCUT2D eigenvalue weighted by atomic mass is 32.1. The molecule has 5 heteroatoms. The van der Waals surface area contributed by atoms with Gasteiger partial charge >= 0.3 is 0 Å². The number of benzene rings is 1. The van der Waals surface area contributed by atoms with E-state index in [4.69, 9.17) is 5.73 Å². The van der Waals surface area contributed by atoms with E-state index < -0.39 is 5.91 Å². The Labute approximate surface area is 97.3 Å². The predicted octanol–water partition coefficient (Wildman–Crippen LogP) is 2.01. The molecule has 2 rings (SSSR count). The molecule has 1 amide bonds. The van der Waals surface area contributed by atoms with Crippen LogP contribution in [0.15, 0.2) is 36.5 Å². The zero-order valence-corrected chi connectivity index (χ0v) is 9.57. The second kappa shape index (κ2) is 4.32. The molecular weight excluding hydrogens is 222 g/mol. The maximum absolute atomic E-state index is 10.9. The molecule has 16 heavy (non-hydrogen) atoms. The molecule has 1 aromatic carbocycles. The quantitative estimate of drug-likeness (QED) is 0.882. The Balaban J connectivity index is 2.27. The Bertz CT molecular complexity index is 495. The number of carbonyl (C=O) groups is 1. The van der Waals surface area contributed by atoms with Crippen molar-refractivity contribution in [2.24, 2.45) is 5.73 Å². The van der Waals surface area contributed by atoms with Crippen LogP contribution in [0.1, 0.15) is 9.67 Å². The Morgan fingerprint density at radius 1 is 1.38 bits per heavy atom. The average molecular weight is 233 g/mol. The van der Waals surface area contributed by atoms with Crippen LogP contribution in [-0.4, -0.2) is 17.9 Å². The molecule has 0 spiro atoms. The van der Waals surface area contributed by atoms with E-state index in [0.717, 1.165) is 10.8 Å². The van der Waals surface area contributed by atoms with Crippen molar-refractivity contribution >= 4 is 28.1 Å². The number of primary amides is 1. The number of nitrogens with two attached hydrogens (primary N) is 1. The Hall–Kier alpha value is -1.88. The smallest absolute Gasteiger partial charge is 0.260 e. The third-order valence-electron chi connectivity index (χ3n) is 2.17. The van der Waals surface area contributed by atoms with Crippen molar-refractivity contribution in [2.45, 2.75) is 0 Å². The zero-order chi connectivity index (χ0) is 11.5. The monoisotopic (exact) mass is 233 g/mol. The topological polar surface area (TPSA) is 59.2 Å². The van der Waals surface area contributed by atoms with Crippen LogP contribution >= 0.6 is 11.3 Å². The van der Waals surface area contributed by atoms with Crippen LogP contribution in [-0.2, 0) is 0 Å². The standard InChI is InChI=1S/C11H11N3OS/c1-14(8-5-3-2-4-6-8)11-13-7-9(16-11)10(12)15/h2-7H,1H3,(H2,12,15). The molecule has 0 saturated heterocycles. The minimum absolute atomic E-state index is 0.440. The van der Waals surface area contributed by atoms with Crippen LogP contribution in [0.4, 0.5) is 10.8 Å². The van der Waals surface area contributed by atoms with E-state index in [1.54, 1.807) is 0 Å². The van der Waals surface area contributed by atoms with E-state index in [1.165, 1.54) is 17.5 Å². The van der Waals surface area contributed by atoms with Crippen LogP contribution in [0.25, 0.3) is 0 Å². The van der Waals surface area contributed by atoms with Crippen molar-refractivity contribution in [1.82, 2.24) is 4.98 Å². The van der Waals surface area contributed by atoms with E-state index in [9.17, 15) is 4.79 Å². The van der Waals surface area contributed by atoms with Gasteiger partial charge in [-0.2, -0.15) is 0 Å². The van der Waals surface area contributed by atoms with Crippen LogP contribution in [0.5, 0.6) is 0 Å². The molecule has 2 aromatic rings. The summed E-state index contributed by atoms with van der Waals surface area (Å²) < 4.78 is 0. The van der Waals surface area contributed by atoms with E-state index in [2.05, 4.69) is 4.98 Å². The summed E-state index contributed by atoms with van der Waals surface area (Å²) in [6.45, 7) is 0. The largest absolute Gasteiger partial charge is 0.365 e. The van der Waals surface area contributed by atoms with Gasteiger partial charge in [-0.25, -0.2) is 4.98 Å². The highest BCUT2D eigenvalue weighted by Crippen LogP contribution is 2.27. The fraction of sp³-hybridized carbons (Fsp3) is 0.0909. The van der Waals surface area contributed by atoms with Gasteiger partial charge in [0, 0.05) is 12.7 Å². The van der Waals surface area contributed by atoms with Gasteiger partial charge in [0.05, 0.1) is 6.20 Å². The lowest BCUT2D eigenvalue weighted by Crippen LogP contribution is -2.09. The molecule has 1 aromatic heterocycles. The SMILES string of the molecule is CN(c1ccccc1)c1ncc(C(N)=O)s1. The third-order valence-corrected chi connectivity index (χ3v) is 3.26. The van der Waals surface area contributed by atoms with E-state index >= 15 is 0 Å². The average Bonchev–Trinajstić information content (AvgIpc) is 2.78. The van der Waals surface area contributed by atoms with Crippen molar-refractivity contribution in [3.63, 3.8) is 0 Å². The van der Waals surface area contributed by atoms with Gasteiger partial charge in [0.2, 0.25) is 0 Å². The minimum Gasteiger partial charge on any atom is -0.365 e. The number of hydrogen-bond acceptors (Lipinski definition) is 4. The van der Waals surface area contributed by atoms with E-state index in [-0.39, 0.29) is 0 Å². The summed E-state index contributed by atoms with van der Waals surface area (Å²) in [5, 5.41) is 0.750. The number of thiazole rings is 1. The molecule has 0 radical (unpaired) electrons. The van der Waals surface area contributed by atoms with Crippen LogP contribution in [0.3, 0.4) is 0 Å². The van der Waals surface area contributed by atoms with Crippen LogP contribution in [0.2, 0.25) is 0 Å². The summed E-state index contributed by atoms with van der Waals surface area (Å²) in [6.07, 6.45) is 1.50. The first kappa shape index (κ1) is 10.6. The maximum atomic E-state index is 10.9. The number of amides is 1. The normalized spacial score (nSPS) is 10.1. The number of para-hydroxylation sites is 1. The fourth-order valence-electron chi connectivity index (χ4n) is 1.30. The Morgan fingerprint density at radius 3 is 2.62 bits per heavy atom. The number of rotatable bonds is 3. The number of anilines is 2. The molecular formula is C11H11N3OS. The maximum Gasteiger partial charge on any atom is 0.260 e. The molecule has 1 heterocycles. The van der Waals surface area contributed by atoms with Crippen molar-refractivity contribution in [1.29, 1.82) is 0 Å². The summed E-state index contributed by atoms with van der Waals surface area (Å²) in [4.78, 5) is 17.5. The summed E-state index contributed by atoms with van der Waals surface area (Å²) >= 11 is 1.28. The lowest BCUT2D eigenvalue weighted by Gasteiger charge is -2.15. The molecule has 0 aliphatic rings. The van der Waals surface area contributed by atoms with Crippen molar-refractivity contribution < 1.29 is 4.79 Å². The van der Waals surface area contributed by atoms with Crippen LogP contribution in [0, 0.1) is 0 Å². The van der Waals surface area contributed by atoms with Gasteiger partial charge in [0.25, 0.3) is 5.91 Å². The Morgan fingerprint density at radius 2 is 2.06 bits per heavy atom. The summed E-state index contributed by atoms with van der Waals surface area (Å²) in [6, 6.07) is 9.81. The molecule has 0 aliphatic carbocycles. The Kier molecular flexibility index (Phi) is 2.87. The van der Waals surface area contributed by atoms with E-state index in [0.29, 0.717) is 4.88 Å². The zero-order valence-electron chi connectivity index (χ0n) is 8.75. The highest BCUT2D eigenvalue weighted by molar-refractivity contribution is 7.17. The van der Waals surface area contributed by atoms with Crippen molar-refractivity contribution in [3.8, 4) is 0 Å². The molecule has 0 atom stereocenters. The predicted molar refractivity (Wildman–Crippen MR) is 65.1 cm³/mol. The first-order valence-corrected chi connectivity index (χ1v) is 5.54. The molecule has 4 nitrogen and oxygen atoms in total. The minimum atomic E-state index is -0.440. The first-order valence-electron chi connectivity index (χ1n) is 4.73.